The van der Waals surface area contributed by atoms with E-state index in [1.165, 1.54) is 5.56 Å². The highest BCUT2D eigenvalue weighted by Gasteiger charge is 2.33. The summed E-state index contributed by atoms with van der Waals surface area (Å²) in [7, 11) is 0. The summed E-state index contributed by atoms with van der Waals surface area (Å²) in [5.41, 5.74) is 2.25. The first-order valence-corrected chi connectivity index (χ1v) is 7.21. The summed E-state index contributed by atoms with van der Waals surface area (Å²) in [5, 5.41) is 3.70. The molecule has 1 fully saturated rings. The maximum Gasteiger partial charge on any atom is 0.228 e. The van der Waals surface area contributed by atoms with Crippen molar-refractivity contribution in [3.05, 3.63) is 70.7 Å². The van der Waals surface area contributed by atoms with Crippen LogP contribution in [0.15, 0.2) is 54.6 Å². The molecule has 1 saturated heterocycles. The molecule has 0 aliphatic carbocycles. The highest BCUT2D eigenvalue weighted by molar-refractivity contribution is 6.30. The van der Waals surface area contributed by atoms with Crippen molar-refractivity contribution in [3.63, 3.8) is 0 Å². The normalized spacial score (nSPS) is 22.4. The molecule has 2 aromatic carbocycles. The van der Waals surface area contributed by atoms with Gasteiger partial charge in [0, 0.05) is 17.5 Å². The second kappa shape index (κ2) is 5.68. The van der Waals surface area contributed by atoms with E-state index in [9.17, 15) is 4.79 Å². The molecule has 2 aromatic rings. The lowest BCUT2D eigenvalue weighted by molar-refractivity contribution is -0.124. The van der Waals surface area contributed by atoms with E-state index in [2.05, 4.69) is 5.32 Å². The second-order valence-corrected chi connectivity index (χ2v) is 5.56. The Morgan fingerprint density at radius 3 is 2.35 bits per heavy atom. The van der Waals surface area contributed by atoms with Gasteiger partial charge >= 0.3 is 0 Å². The summed E-state index contributed by atoms with van der Waals surface area (Å²) in [4.78, 5) is 12.3. The standard InChI is InChI=1S/C17H16ClNO/c18-14-8-6-12(7-9-14)15-10-11-19-17(20)16(15)13-4-2-1-3-5-13/h1-9,15-16H,10-11H2,(H,19,20)/t15-,16-/m1/s1. The molecule has 0 radical (unpaired) electrons. The Morgan fingerprint density at radius 1 is 0.950 bits per heavy atom. The number of benzene rings is 2. The van der Waals surface area contributed by atoms with Crippen LogP contribution in [-0.2, 0) is 4.79 Å². The minimum atomic E-state index is -0.119. The Balaban J connectivity index is 1.98. The SMILES string of the molecule is O=C1NCC[C@H](c2ccc(Cl)cc2)[C@H]1c1ccccc1. The van der Waals surface area contributed by atoms with Crippen LogP contribution in [0.2, 0.25) is 5.02 Å². The van der Waals surface area contributed by atoms with Gasteiger partial charge in [-0.2, -0.15) is 0 Å². The molecule has 1 N–H and O–H groups in total. The van der Waals surface area contributed by atoms with Crippen molar-refractivity contribution in [1.29, 1.82) is 0 Å². The second-order valence-electron chi connectivity index (χ2n) is 5.13. The highest BCUT2D eigenvalue weighted by atomic mass is 35.5. The summed E-state index contributed by atoms with van der Waals surface area (Å²) in [5.74, 6) is 0.206. The number of carbonyl (C=O) groups is 1. The van der Waals surface area contributed by atoms with Gasteiger partial charge in [-0.25, -0.2) is 0 Å². The van der Waals surface area contributed by atoms with E-state index >= 15 is 0 Å². The van der Waals surface area contributed by atoms with Gasteiger partial charge in [0.15, 0.2) is 0 Å². The van der Waals surface area contributed by atoms with Crippen LogP contribution in [0.3, 0.4) is 0 Å². The average molecular weight is 286 g/mol. The van der Waals surface area contributed by atoms with Crippen molar-refractivity contribution >= 4 is 17.5 Å². The van der Waals surface area contributed by atoms with Gasteiger partial charge in [0.2, 0.25) is 5.91 Å². The van der Waals surface area contributed by atoms with Crippen molar-refractivity contribution in [2.45, 2.75) is 18.3 Å². The van der Waals surface area contributed by atoms with Gasteiger partial charge in [-0.15, -0.1) is 0 Å². The van der Waals surface area contributed by atoms with Crippen LogP contribution in [0, 0.1) is 0 Å². The molecule has 0 spiro atoms. The molecule has 0 saturated carbocycles. The Morgan fingerprint density at radius 2 is 1.65 bits per heavy atom. The predicted molar refractivity (Wildman–Crippen MR) is 81.0 cm³/mol. The quantitative estimate of drug-likeness (QED) is 0.895. The van der Waals surface area contributed by atoms with Gasteiger partial charge in [0.25, 0.3) is 0 Å². The molecular weight excluding hydrogens is 270 g/mol. The largest absolute Gasteiger partial charge is 0.356 e. The fourth-order valence-electron chi connectivity index (χ4n) is 2.92. The molecule has 1 heterocycles. The van der Waals surface area contributed by atoms with Crippen LogP contribution in [0.25, 0.3) is 0 Å². The van der Waals surface area contributed by atoms with Gasteiger partial charge in [0.1, 0.15) is 0 Å². The lowest BCUT2D eigenvalue weighted by Crippen LogP contribution is -2.39. The van der Waals surface area contributed by atoms with Crippen molar-refractivity contribution in [1.82, 2.24) is 5.32 Å². The fourth-order valence-corrected chi connectivity index (χ4v) is 3.05. The maximum atomic E-state index is 12.3. The van der Waals surface area contributed by atoms with Crippen molar-refractivity contribution in [2.75, 3.05) is 6.54 Å². The predicted octanol–water partition coefficient (Wildman–Crippen LogP) is 3.73. The summed E-state index contributed by atoms with van der Waals surface area (Å²) in [6, 6.07) is 17.8. The Hall–Kier alpha value is -1.80. The Bertz CT molecular complexity index is 594. The molecular formula is C17H16ClNO. The molecule has 3 rings (SSSR count). The first kappa shape index (κ1) is 13.2. The van der Waals surface area contributed by atoms with Crippen LogP contribution in [0.1, 0.15) is 29.4 Å². The molecule has 0 bridgehead atoms. The first-order valence-electron chi connectivity index (χ1n) is 6.84. The number of amides is 1. The van der Waals surface area contributed by atoms with E-state index in [1.54, 1.807) is 0 Å². The van der Waals surface area contributed by atoms with Crippen LogP contribution >= 0.6 is 11.6 Å². The third-order valence-electron chi connectivity index (χ3n) is 3.90. The van der Waals surface area contributed by atoms with Crippen molar-refractivity contribution < 1.29 is 4.79 Å². The molecule has 2 atom stereocenters. The molecule has 2 nitrogen and oxygen atoms in total. The van der Waals surface area contributed by atoms with Crippen LogP contribution in [-0.4, -0.2) is 12.5 Å². The molecule has 3 heteroatoms. The zero-order valence-electron chi connectivity index (χ0n) is 11.1. The lowest BCUT2D eigenvalue weighted by atomic mass is 9.77. The summed E-state index contributed by atoms with van der Waals surface area (Å²) >= 11 is 5.95. The number of hydrogen-bond acceptors (Lipinski definition) is 1. The number of rotatable bonds is 2. The van der Waals surface area contributed by atoms with Crippen LogP contribution in [0.5, 0.6) is 0 Å². The van der Waals surface area contributed by atoms with Crippen LogP contribution in [0.4, 0.5) is 0 Å². The third-order valence-corrected chi connectivity index (χ3v) is 4.15. The first-order chi connectivity index (χ1) is 9.75. The van der Waals surface area contributed by atoms with E-state index in [4.69, 9.17) is 11.6 Å². The smallest absolute Gasteiger partial charge is 0.228 e. The number of hydrogen-bond donors (Lipinski definition) is 1. The lowest BCUT2D eigenvalue weighted by Gasteiger charge is -2.31. The van der Waals surface area contributed by atoms with Crippen LogP contribution < -0.4 is 5.32 Å². The summed E-state index contributed by atoms with van der Waals surface area (Å²) in [6.07, 6.45) is 0.951. The topological polar surface area (TPSA) is 29.1 Å². The van der Waals surface area contributed by atoms with Gasteiger partial charge in [-0.05, 0) is 29.7 Å². The number of nitrogens with one attached hydrogen (secondary N) is 1. The Labute approximate surface area is 123 Å². The van der Waals surface area contributed by atoms with Crippen molar-refractivity contribution in [3.8, 4) is 0 Å². The van der Waals surface area contributed by atoms with E-state index in [1.807, 2.05) is 54.6 Å². The average Bonchev–Trinajstić information content (AvgIpc) is 2.49. The number of halogens is 1. The summed E-state index contributed by atoms with van der Waals surface area (Å²) < 4.78 is 0. The van der Waals surface area contributed by atoms with Gasteiger partial charge in [0.05, 0.1) is 5.92 Å². The van der Waals surface area contributed by atoms with Gasteiger partial charge in [-0.3, -0.25) is 4.79 Å². The van der Waals surface area contributed by atoms with Crippen molar-refractivity contribution in [2.24, 2.45) is 0 Å². The fraction of sp³-hybridized carbons (Fsp3) is 0.235. The molecule has 0 aromatic heterocycles. The molecule has 1 aliphatic heterocycles. The number of carbonyl (C=O) groups excluding carboxylic acids is 1. The summed E-state index contributed by atoms with van der Waals surface area (Å²) in [6.45, 7) is 0.732. The van der Waals surface area contributed by atoms with E-state index in [0.29, 0.717) is 0 Å². The molecule has 0 unspecified atom stereocenters. The van der Waals surface area contributed by atoms with E-state index in [-0.39, 0.29) is 17.7 Å². The zero-order valence-corrected chi connectivity index (χ0v) is 11.8. The molecule has 102 valence electrons. The molecule has 1 amide bonds. The van der Waals surface area contributed by atoms with E-state index in [0.717, 1.165) is 23.6 Å². The Kier molecular flexibility index (Phi) is 3.75. The minimum absolute atomic E-state index is 0.113. The van der Waals surface area contributed by atoms with Gasteiger partial charge < -0.3 is 5.32 Å². The van der Waals surface area contributed by atoms with Gasteiger partial charge in [-0.1, -0.05) is 54.1 Å². The number of piperidine rings is 1. The molecule has 1 aliphatic rings. The zero-order chi connectivity index (χ0) is 13.9. The minimum Gasteiger partial charge on any atom is -0.356 e. The molecule has 20 heavy (non-hydrogen) atoms. The monoisotopic (exact) mass is 285 g/mol. The highest BCUT2D eigenvalue weighted by Crippen LogP contribution is 2.38. The third kappa shape index (κ3) is 2.56. The maximum absolute atomic E-state index is 12.3. The van der Waals surface area contributed by atoms with E-state index < -0.39 is 0 Å².